The summed E-state index contributed by atoms with van der Waals surface area (Å²) in [5.41, 5.74) is 2.96. The van der Waals surface area contributed by atoms with Gasteiger partial charge in [-0.25, -0.2) is 4.39 Å². The molecule has 4 aromatic rings. The minimum absolute atomic E-state index is 0.0524. The molecular formula is C32H31FN4O4S. The van der Waals surface area contributed by atoms with Crippen molar-refractivity contribution in [1.82, 2.24) is 10.2 Å². The molecule has 5 rings (SSSR count). The number of nitrogens with zero attached hydrogens (tertiary/aromatic N) is 2. The predicted molar refractivity (Wildman–Crippen MR) is 162 cm³/mol. The summed E-state index contributed by atoms with van der Waals surface area (Å²) in [6, 6.07) is 21.8. The molecule has 1 saturated heterocycles. The lowest BCUT2D eigenvalue weighted by atomic mass is 10.1. The van der Waals surface area contributed by atoms with Crippen LogP contribution < -0.4 is 20.3 Å². The second kappa shape index (κ2) is 13.3. The van der Waals surface area contributed by atoms with Crippen LogP contribution in [-0.2, 0) is 6.54 Å². The first-order valence-corrected chi connectivity index (χ1v) is 14.5. The van der Waals surface area contributed by atoms with Gasteiger partial charge in [-0.1, -0.05) is 18.2 Å². The van der Waals surface area contributed by atoms with E-state index in [1.54, 1.807) is 67.8 Å². The maximum Gasteiger partial charge on any atom is 0.265 e. The molecule has 1 aromatic heterocycles. The van der Waals surface area contributed by atoms with Gasteiger partial charge < -0.3 is 25.2 Å². The van der Waals surface area contributed by atoms with Crippen LogP contribution in [0, 0.1) is 5.82 Å². The van der Waals surface area contributed by atoms with E-state index in [1.807, 2.05) is 16.3 Å². The fourth-order valence-corrected chi connectivity index (χ4v) is 5.45. The Morgan fingerprint density at radius 1 is 0.905 bits per heavy atom. The second-order valence-corrected chi connectivity index (χ2v) is 10.8. The van der Waals surface area contributed by atoms with E-state index >= 15 is 0 Å². The normalized spacial score (nSPS) is 13.3. The van der Waals surface area contributed by atoms with Crippen LogP contribution in [0.3, 0.4) is 0 Å². The minimum atomic E-state index is -0.345. The van der Waals surface area contributed by atoms with Gasteiger partial charge in [0.1, 0.15) is 11.6 Å². The zero-order valence-corrected chi connectivity index (χ0v) is 24.0. The van der Waals surface area contributed by atoms with Gasteiger partial charge in [0, 0.05) is 49.7 Å². The zero-order chi connectivity index (χ0) is 29.5. The maximum absolute atomic E-state index is 13.5. The highest BCUT2D eigenvalue weighted by atomic mass is 32.1. The summed E-state index contributed by atoms with van der Waals surface area (Å²) in [7, 11) is 1.59. The zero-order valence-electron chi connectivity index (χ0n) is 23.1. The van der Waals surface area contributed by atoms with Gasteiger partial charge in [0.25, 0.3) is 17.7 Å². The first-order valence-electron chi connectivity index (χ1n) is 13.6. The molecule has 1 aliphatic heterocycles. The lowest BCUT2D eigenvalue weighted by Crippen LogP contribution is -2.36. The molecule has 216 valence electrons. The van der Waals surface area contributed by atoms with Crippen molar-refractivity contribution in [2.45, 2.75) is 13.0 Å². The van der Waals surface area contributed by atoms with E-state index in [1.165, 1.54) is 23.5 Å². The van der Waals surface area contributed by atoms with Gasteiger partial charge in [0.15, 0.2) is 0 Å². The lowest BCUT2D eigenvalue weighted by Gasteiger charge is -2.26. The number of rotatable bonds is 8. The van der Waals surface area contributed by atoms with Crippen LogP contribution in [0.15, 0.2) is 84.2 Å². The highest BCUT2D eigenvalue weighted by Crippen LogP contribution is 2.27. The van der Waals surface area contributed by atoms with E-state index in [4.69, 9.17) is 4.74 Å². The molecule has 42 heavy (non-hydrogen) atoms. The number of anilines is 2. The number of halogens is 1. The number of nitrogens with one attached hydrogen (secondary N) is 2. The Labute approximate surface area is 247 Å². The summed E-state index contributed by atoms with van der Waals surface area (Å²) in [5, 5.41) is 7.63. The molecule has 0 atom stereocenters. The van der Waals surface area contributed by atoms with Gasteiger partial charge in [-0.2, -0.15) is 0 Å². The van der Waals surface area contributed by atoms with Crippen LogP contribution >= 0.6 is 11.3 Å². The maximum atomic E-state index is 13.5. The number of carbonyl (C=O) groups is 3. The third kappa shape index (κ3) is 6.95. The number of carbonyl (C=O) groups excluding carboxylic acids is 3. The number of hydrogen-bond acceptors (Lipinski definition) is 6. The highest BCUT2D eigenvalue weighted by Gasteiger charge is 2.24. The molecule has 1 fully saturated rings. The summed E-state index contributed by atoms with van der Waals surface area (Å²) >= 11 is 1.33. The summed E-state index contributed by atoms with van der Waals surface area (Å²) in [4.78, 5) is 43.9. The molecule has 2 N–H and O–H groups in total. The summed E-state index contributed by atoms with van der Waals surface area (Å²) in [6.45, 7) is 2.46. The number of methoxy groups -OCH3 is 1. The monoisotopic (exact) mass is 586 g/mol. The molecule has 0 unspecified atom stereocenters. The van der Waals surface area contributed by atoms with Crippen LogP contribution in [-0.4, -0.2) is 55.9 Å². The van der Waals surface area contributed by atoms with E-state index in [2.05, 4.69) is 15.5 Å². The van der Waals surface area contributed by atoms with Crippen LogP contribution in [0.25, 0.3) is 0 Å². The highest BCUT2D eigenvalue weighted by molar-refractivity contribution is 7.12. The molecule has 3 aromatic carbocycles. The molecule has 0 radical (unpaired) electrons. The quantitative estimate of drug-likeness (QED) is 0.287. The molecule has 0 saturated carbocycles. The van der Waals surface area contributed by atoms with Crippen LogP contribution in [0.5, 0.6) is 5.75 Å². The molecule has 0 spiro atoms. The van der Waals surface area contributed by atoms with Crippen molar-refractivity contribution >= 4 is 40.4 Å². The average Bonchev–Trinajstić information content (AvgIpc) is 3.46. The van der Waals surface area contributed by atoms with Gasteiger partial charge >= 0.3 is 0 Å². The predicted octanol–water partition coefficient (Wildman–Crippen LogP) is 5.43. The summed E-state index contributed by atoms with van der Waals surface area (Å²) < 4.78 is 18.5. The summed E-state index contributed by atoms with van der Waals surface area (Å²) in [5.74, 6) is -0.283. The van der Waals surface area contributed by atoms with Gasteiger partial charge in [-0.3, -0.25) is 14.4 Å². The Hall–Kier alpha value is -4.70. The van der Waals surface area contributed by atoms with Crippen LogP contribution in [0.2, 0.25) is 0 Å². The van der Waals surface area contributed by atoms with Crippen molar-refractivity contribution in [3.63, 3.8) is 0 Å². The fraction of sp³-hybridized carbons (Fsp3) is 0.219. The SMILES string of the molecule is COc1ccc(C(=O)N2CCCN(c3ccc(NC(=O)c4cccs4)cc3C(=O)NCc3ccc(F)cc3)CC2)cc1. The largest absolute Gasteiger partial charge is 0.497 e. The number of ether oxygens (including phenoxy) is 1. The number of hydrogen-bond donors (Lipinski definition) is 2. The molecule has 2 heterocycles. The van der Waals surface area contributed by atoms with Gasteiger partial charge in [0.05, 0.1) is 17.6 Å². The van der Waals surface area contributed by atoms with Gasteiger partial charge in [-0.05, 0) is 78.0 Å². The standard InChI is InChI=1S/C32H31FN4O4S/c1-41-26-12-7-23(8-13-26)32(40)37-16-3-15-36(17-18-37)28-14-11-25(35-31(39)29-4-2-19-42-29)20-27(28)30(38)34-21-22-5-9-24(33)10-6-22/h2,4-14,19-20H,3,15-18,21H2,1H3,(H,34,38)(H,35,39). The smallest absolute Gasteiger partial charge is 0.265 e. The topological polar surface area (TPSA) is 91.0 Å². The Bertz CT molecular complexity index is 1540. The molecule has 8 nitrogen and oxygen atoms in total. The minimum Gasteiger partial charge on any atom is -0.497 e. The molecule has 0 aliphatic carbocycles. The molecule has 1 aliphatic rings. The summed E-state index contributed by atoms with van der Waals surface area (Å²) in [6.07, 6.45) is 0.718. The van der Waals surface area contributed by atoms with Crippen molar-refractivity contribution in [2.24, 2.45) is 0 Å². The molecular weight excluding hydrogens is 555 g/mol. The van der Waals surface area contributed by atoms with Crippen molar-refractivity contribution in [2.75, 3.05) is 43.5 Å². The lowest BCUT2D eigenvalue weighted by molar-refractivity contribution is 0.0766. The van der Waals surface area contributed by atoms with Gasteiger partial charge in [-0.15, -0.1) is 11.3 Å². The van der Waals surface area contributed by atoms with Crippen molar-refractivity contribution in [3.8, 4) is 5.75 Å². The Morgan fingerprint density at radius 2 is 1.69 bits per heavy atom. The van der Waals surface area contributed by atoms with Crippen LogP contribution in [0.4, 0.5) is 15.8 Å². The Balaban J connectivity index is 1.34. The Morgan fingerprint density at radius 3 is 2.40 bits per heavy atom. The number of benzene rings is 3. The van der Waals surface area contributed by atoms with E-state index < -0.39 is 0 Å². The van der Waals surface area contributed by atoms with E-state index in [9.17, 15) is 18.8 Å². The van der Waals surface area contributed by atoms with E-state index in [0.29, 0.717) is 59.3 Å². The third-order valence-corrected chi connectivity index (χ3v) is 7.94. The average molecular weight is 587 g/mol. The second-order valence-electron chi connectivity index (χ2n) is 9.83. The molecule has 10 heteroatoms. The van der Waals surface area contributed by atoms with E-state index in [0.717, 1.165) is 12.0 Å². The van der Waals surface area contributed by atoms with Crippen molar-refractivity contribution < 1.29 is 23.5 Å². The van der Waals surface area contributed by atoms with Crippen molar-refractivity contribution in [3.05, 3.63) is 112 Å². The van der Waals surface area contributed by atoms with E-state index in [-0.39, 0.29) is 30.1 Å². The van der Waals surface area contributed by atoms with Crippen LogP contribution in [0.1, 0.15) is 42.4 Å². The first-order chi connectivity index (χ1) is 20.4. The van der Waals surface area contributed by atoms with Gasteiger partial charge in [0.2, 0.25) is 0 Å². The molecule has 3 amide bonds. The Kier molecular flexibility index (Phi) is 9.13. The number of thiophene rings is 1. The van der Waals surface area contributed by atoms with Crippen molar-refractivity contribution in [1.29, 1.82) is 0 Å². The third-order valence-electron chi connectivity index (χ3n) is 7.07. The fourth-order valence-electron chi connectivity index (χ4n) is 4.83. The first kappa shape index (κ1) is 28.8. The molecule has 0 bridgehead atoms. The number of amides is 3.